The lowest BCUT2D eigenvalue weighted by atomic mass is 10.2. The van der Waals surface area contributed by atoms with Crippen LogP contribution in [0.2, 0.25) is 0 Å². The van der Waals surface area contributed by atoms with Gasteiger partial charge in [-0.05, 0) is 25.0 Å². The fourth-order valence-electron chi connectivity index (χ4n) is 2.61. The number of ether oxygens (including phenoxy) is 1. The van der Waals surface area contributed by atoms with E-state index in [9.17, 15) is 4.79 Å². The Morgan fingerprint density at radius 3 is 2.58 bits per heavy atom. The number of carbonyl (C=O) groups is 1. The Labute approximate surface area is 114 Å². The fraction of sp³-hybridized carbons (Fsp3) is 0.533. The van der Waals surface area contributed by atoms with Gasteiger partial charge in [-0.25, -0.2) is 0 Å². The predicted octanol–water partition coefficient (Wildman–Crippen LogP) is 1.80. The molecule has 0 radical (unpaired) electrons. The van der Waals surface area contributed by atoms with Gasteiger partial charge in [0.15, 0.2) is 6.61 Å². The summed E-state index contributed by atoms with van der Waals surface area (Å²) in [5.41, 5.74) is 5.61. The van der Waals surface area contributed by atoms with Gasteiger partial charge >= 0.3 is 0 Å². The van der Waals surface area contributed by atoms with E-state index in [0.717, 1.165) is 18.6 Å². The zero-order valence-corrected chi connectivity index (χ0v) is 11.3. The van der Waals surface area contributed by atoms with Crippen molar-refractivity contribution in [3.8, 4) is 5.75 Å². The summed E-state index contributed by atoms with van der Waals surface area (Å²) in [5.74, 6) is 0.774. The average molecular weight is 262 g/mol. The van der Waals surface area contributed by atoms with Crippen LogP contribution >= 0.6 is 0 Å². The first-order chi connectivity index (χ1) is 9.31. The minimum Gasteiger partial charge on any atom is -0.484 e. The van der Waals surface area contributed by atoms with E-state index in [2.05, 4.69) is 0 Å². The first-order valence-corrected chi connectivity index (χ1v) is 6.98. The standard InChI is InChI=1S/C15H22N2O2/c16-10-11-17(13-6-4-5-7-13)15(18)12-19-14-8-2-1-3-9-14/h1-3,8-9,13H,4-7,10-12,16H2. The minimum absolute atomic E-state index is 0.0428. The number of hydrogen-bond donors (Lipinski definition) is 1. The highest BCUT2D eigenvalue weighted by Gasteiger charge is 2.26. The molecule has 1 aliphatic carbocycles. The van der Waals surface area contributed by atoms with Gasteiger partial charge in [0, 0.05) is 19.1 Å². The van der Waals surface area contributed by atoms with E-state index in [-0.39, 0.29) is 12.5 Å². The molecule has 2 N–H and O–H groups in total. The van der Waals surface area contributed by atoms with E-state index in [1.54, 1.807) is 0 Å². The molecule has 0 heterocycles. The number of amides is 1. The molecule has 0 aromatic heterocycles. The summed E-state index contributed by atoms with van der Waals surface area (Å²) in [7, 11) is 0. The summed E-state index contributed by atoms with van der Waals surface area (Å²) in [6.07, 6.45) is 4.60. The van der Waals surface area contributed by atoms with Crippen LogP contribution in [-0.4, -0.2) is 36.5 Å². The van der Waals surface area contributed by atoms with Gasteiger partial charge in [0.2, 0.25) is 0 Å². The number of nitrogens with two attached hydrogens (primary N) is 1. The van der Waals surface area contributed by atoms with Gasteiger partial charge in [0.25, 0.3) is 5.91 Å². The van der Waals surface area contributed by atoms with Crippen LogP contribution in [0.15, 0.2) is 30.3 Å². The van der Waals surface area contributed by atoms with Crippen molar-refractivity contribution >= 4 is 5.91 Å². The van der Waals surface area contributed by atoms with E-state index >= 15 is 0 Å². The van der Waals surface area contributed by atoms with Crippen LogP contribution in [0.4, 0.5) is 0 Å². The van der Waals surface area contributed by atoms with Gasteiger partial charge in [-0.3, -0.25) is 4.79 Å². The average Bonchev–Trinajstić information content (AvgIpc) is 2.97. The number of carbonyl (C=O) groups excluding carboxylic acids is 1. The summed E-state index contributed by atoms with van der Waals surface area (Å²) < 4.78 is 5.52. The van der Waals surface area contributed by atoms with Gasteiger partial charge in [-0.1, -0.05) is 31.0 Å². The number of para-hydroxylation sites is 1. The van der Waals surface area contributed by atoms with Crippen LogP contribution in [0.25, 0.3) is 0 Å². The number of hydrogen-bond acceptors (Lipinski definition) is 3. The fourth-order valence-corrected chi connectivity index (χ4v) is 2.61. The molecule has 0 unspecified atom stereocenters. The Balaban J connectivity index is 1.88. The van der Waals surface area contributed by atoms with Crippen molar-refractivity contribution in [3.05, 3.63) is 30.3 Å². The lowest BCUT2D eigenvalue weighted by Crippen LogP contribution is -2.44. The van der Waals surface area contributed by atoms with Crippen LogP contribution < -0.4 is 10.5 Å². The first-order valence-electron chi connectivity index (χ1n) is 6.98. The summed E-state index contributed by atoms with van der Waals surface area (Å²) in [5, 5.41) is 0. The minimum atomic E-state index is 0.0428. The Kier molecular flexibility index (Phi) is 5.21. The second-order valence-electron chi connectivity index (χ2n) is 4.92. The van der Waals surface area contributed by atoms with Crippen LogP contribution in [0.1, 0.15) is 25.7 Å². The Bertz CT molecular complexity index is 388. The molecule has 1 saturated carbocycles. The van der Waals surface area contributed by atoms with Crippen molar-refractivity contribution in [3.63, 3.8) is 0 Å². The molecule has 1 aromatic rings. The van der Waals surface area contributed by atoms with Gasteiger partial charge in [-0.2, -0.15) is 0 Å². The predicted molar refractivity (Wildman–Crippen MR) is 75.0 cm³/mol. The van der Waals surface area contributed by atoms with Gasteiger partial charge in [0.1, 0.15) is 5.75 Å². The van der Waals surface area contributed by atoms with E-state index in [1.165, 1.54) is 12.8 Å². The Morgan fingerprint density at radius 1 is 1.26 bits per heavy atom. The van der Waals surface area contributed by atoms with Crippen LogP contribution in [-0.2, 0) is 4.79 Å². The summed E-state index contributed by atoms with van der Waals surface area (Å²) in [6.45, 7) is 1.23. The molecule has 4 heteroatoms. The molecule has 4 nitrogen and oxygen atoms in total. The molecule has 1 aliphatic rings. The van der Waals surface area contributed by atoms with E-state index in [0.29, 0.717) is 19.1 Å². The number of nitrogens with zero attached hydrogens (tertiary/aromatic N) is 1. The normalized spacial score (nSPS) is 15.4. The number of rotatable bonds is 6. The summed E-state index contributed by atoms with van der Waals surface area (Å²) in [4.78, 5) is 14.1. The second-order valence-corrected chi connectivity index (χ2v) is 4.92. The zero-order valence-electron chi connectivity index (χ0n) is 11.3. The molecule has 2 rings (SSSR count). The largest absolute Gasteiger partial charge is 0.484 e. The van der Waals surface area contributed by atoms with Crippen molar-refractivity contribution in [2.24, 2.45) is 5.73 Å². The molecule has 1 amide bonds. The van der Waals surface area contributed by atoms with Crippen molar-refractivity contribution in [2.45, 2.75) is 31.7 Å². The summed E-state index contributed by atoms with van der Waals surface area (Å²) in [6, 6.07) is 9.79. The molecule has 0 atom stereocenters. The highest BCUT2D eigenvalue weighted by molar-refractivity contribution is 5.78. The molecule has 19 heavy (non-hydrogen) atoms. The maximum Gasteiger partial charge on any atom is 0.260 e. The van der Waals surface area contributed by atoms with Crippen molar-refractivity contribution in [1.82, 2.24) is 4.90 Å². The molecular formula is C15H22N2O2. The zero-order chi connectivity index (χ0) is 13.5. The molecule has 1 fully saturated rings. The third-order valence-corrected chi connectivity index (χ3v) is 3.56. The van der Waals surface area contributed by atoms with Crippen molar-refractivity contribution in [2.75, 3.05) is 19.7 Å². The summed E-state index contributed by atoms with van der Waals surface area (Å²) >= 11 is 0. The quantitative estimate of drug-likeness (QED) is 0.850. The van der Waals surface area contributed by atoms with Crippen LogP contribution in [0.3, 0.4) is 0 Å². The second kappa shape index (κ2) is 7.14. The molecule has 104 valence electrons. The highest BCUT2D eigenvalue weighted by Crippen LogP contribution is 2.23. The van der Waals surface area contributed by atoms with Crippen molar-refractivity contribution < 1.29 is 9.53 Å². The Hall–Kier alpha value is -1.55. The van der Waals surface area contributed by atoms with Gasteiger partial charge in [0.05, 0.1) is 0 Å². The molecule has 0 bridgehead atoms. The van der Waals surface area contributed by atoms with E-state index in [1.807, 2.05) is 35.2 Å². The lowest BCUT2D eigenvalue weighted by molar-refractivity contribution is -0.135. The third-order valence-electron chi connectivity index (χ3n) is 3.56. The van der Waals surface area contributed by atoms with E-state index < -0.39 is 0 Å². The van der Waals surface area contributed by atoms with Crippen LogP contribution in [0.5, 0.6) is 5.75 Å². The highest BCUT2D eigenvalue weighted by atomic mass is 16.5. The number of benzene rings is 1. The van der Waals surface area contributed by atoms with Gasteiger partial charge in [-0.15, -0.1) is 0 Å². The van der Waals surface area contributed by atoms with E-state index in [4.69, 9.17) is 10.5 Å². The molecule has 0 spiro atoms. The molecule has 1 aromatic carbocycles. The third kappa shape index (κ3) is 3.96. The smallest absolute Gasteiger partial charge is 0.260 e. The maximum atomic E-state index is 12.2. The first kappa shape index (κ1) is 13.9. The molecule has 0 saturated heterocycles. The molecular weight excluding hydrogens is 240 g/mol. The lowest BCUT2D eigenvalue weighted by Gasteiger charge is -2.28. The maximum absolute atomic E-state index is 12.2. The van der Waals surface area contributed by atoms with Crippen LogP contribution in [0, 0.1) is 0 Å². The van der Waals surface area contributed by atoms with Gasteiger partial charge < -0.3 is 15.4 Å². The Morgan fingerprint density at radius 2 is 1.95 bits per heavy atom. The monoisotopic (exact) mass is 262 g/mol. The molecule has 0 aliphatic heterocycles. The topological polar surface area (TPSA) is 55.6 Å². The van der Waals surface area contributed by atoms with Crippen molar-refractivity contribution in [1.29, 1.82) is 0 Å². The SMILES string of the molecule is NCCN(C(=O)COc1ccccc1)C1CCCC1.